The van der Waals surface area contributed by atoms with Gasteiger partial charge >= 0.3 is 0 Å². The van der Waals surface area contributed by atoms with Crippen molar-refractivity contribution >= 4 is 28.4 Å². The number of rotatable bonds is 8. The van der Waals surface area contributed by atoms with E-state index < -0.39 is 0 Å². The van der Waals surface area contributed by atoms with Crippen molar-refractivity contribution < 1.29 is 9.53 Å². The van der Waals surface area contributed by atoms with E-state index in [4.69, 9.17) is 4.74 Å². The molecule has 30 heavy (non-hydrogen) atoms. The van der Waals surface area contributed by atoms with Gasteiger partial charge in [-0.25, -0.2) is 0 Å². The summed E-state index contributed by atoms with van der Waals surface area (Å²) in [5.74, 6) is 2.04. The third kappa shape index (κ3) is 3.61. The van der Waals surface area contributed by atoms with Crippen LogP contribution in [0.5, 0.6) is 5.75 Å². The van der Waals surface area contributed by atoms with Gasteiger partial charge in [-0.15, -0.1) is 10.2 Å². The van der Waals surface area contributed by atoms with Crippen molar-refractivity contribution in [2.24, 2.45) is 0 Å². The van der Waals surface area contributed by atoms with Gasteiger partial charge < -0.3 is 9.72 Å². The second kappa shape index (κ2) is 7.99. The highest BCUT2D eigenvalue weighted by Gasteiger charge is 2.31. The van der Waals surface area contributed by atoms with E-state index in [2.05, 4.69) is 31.9 Å². The topological polar surface area (TPSA) is 72.8 Å². The predicted octanol–water partition coefficient (Wildman–Crippen LogP) is 5.14. The lowest BCUT2D eigenvalue weighted by molar-refractivity contribution is 0.102. The summed E-state index contributed by atoms with van der Waals surface area (Å²) in [5.41, 5.74) is 2.81. The Hall–Kier alpha value is -3.06. The van der Waals surface area contributed by atoms with Crippen LogP contribution in [0.2, 0.25) is 0 Å². The number of H-pyrrole nitrogens is 1. The van der Waals surface area contributed by atoms with Crippen LogP contribution in [0.25, 0.3) is 22.3 Å². The molecule has 0 radical (unpaired) electrons. The Labute approximate surface area is 178 Å². The number of aromatic nitrogens is 4. The molecule has 152 valence electrons. The van der Waals surface area contributed by atoms with Gasteiger partial charge in [-0.3, -0.25) is 9.36 Å². The van der Waals surface area contributed by atoms with Crippen molar-refractivity contribution in [2.45, 2.75) is 31.0 Å². The molecule has 0 atom stereocenters. The fourth-order valence-corrected chi connectivity index (χ4v) is 4.49. The van der Waals surface area contributed by atoms with Crippen LogP contribution in [0.4, 0.5) is 0 Å². The predicted molar refractivity (Wildman–Crippen MR) is 118 cm³/mol. The molecule has 2 aromatic heterocycles. The molecular formula is C23H22N4O2S. The fourth-order valence-electron chi connectivity index (χ4n) is 3.59. The number of ether oxygens (including phenoxy) is 1. The monoisotopic (exact) mass is 418 g/mol. The Kier molecular flexibility index (Phi) is 5.04. The van der Waals surface area contributed by atoms with Crippen molar-refractivity contribution in [1.29, 1.82) is 0 Å². The van der Waals surface area contributed by atoms with Gasteiger partial charge in [-0.05, 0) is 50.1 Å². The molecule has 6 nitrogen and oxygen atoms in total. The molecule has 1 N–H and O–H groups in total. The zero-order valence-corrected chi connectivity index (χ0v) is 17.5. The normalized spacial score (nSPS) is 13.6. The first kappa shape index (κ1) is 18.9. The highest BCUT2D eigenvalue weighted by atomic mass is 32.2. The molecule has 1 saturated carbocycles. The van der Waals surface area contributed by atoms with Crippen LogP contribution < -0.4 is 4.74 Å². The van der Waals surface area contributed by atoms with Crippen molar-refractivity contribution in [2.75, 3.05) is 12.4 Å². The molecule has 1 fully saturated rings. The molecule has 5 rings (SSSR count). The zero-order chi connectivity index (χ0) is 20.5. The van der Waals surface area contributed by atoms with E-state index in [-0.39, 0.29) is 5.78 Å². The summed E-state index contributed by atoms with van der Waals surface area (Å²) in [6, 6.07) is 15.9. The lowest BCUT2D eigenvalue weighted by Gasteiger charge is -2.08. The number of carbonyl (C=O) groups is 1. The summed E-state index contributed by atoms with van der Waals surface area (Å²) >= 11 is 1.45. The molecule has 1 aliphatic rings. The Morgan fingerprint density at radius 2 is 1.97 bits per heavy atom. The molecule has 7 heteroatoms. The second-order valence-electron chi connectivity index (χ2n) is 7.32. The number of hydrogen-bond acceptors (Lipinski definition) is 5. The summed E-state index contributed by atoms with van der Waals surface area (Å²) in [7, 11) is 0. The van der Waals surface area contributed by atoms with E-state index in [1.54, 1.807) is 0 Å². The Bertz CT molecular complexity index is 1190. The molecule has 0 spiro atoms. The molecule has 0 aliphatic heterocycles. The van der Waals surface area contributed by atoms with Crippen LogP contribution >= 0.6 is 11.8 Å². The number of para-hydroxylation sites is 1. The van der Waals surface area contributed by atoms with E-state index in [1.165, 1.54) is 11.8 Å². The molecule has 4 aromatic rings. The van der Waals surface area contributed by atoms with Crippen molar-refractivity contribution in [3.05, 3.63) is 60.3 Å². The first-order valence-electron chi connectivity index (χ1n) is 10.1. The van der Waals surface area contributed by atoms with Gasteiger partial charge in [-0.2, -0.15) is 0 Å². The molecule has 0 amide bonds. The average Bonchev–Trinajstić information content (AvgIpc) is 3.38. The maximum absolute atomic E-state index is 12.7. The average molecular weight is 419 g/mol. The van der Waals surface area contributed by atoms with Crippen LogP contribution in [0, 0.1) is 0 Å². The molecule has 0 unspecified atom stereocenters. The van der Waals surface area contributed by atoms with Crippen LogP contribution in [0.1, 0.15) is 36.2 Å². The standard InChI is InChI=1S/C23H22N4O2S/c1-2-29-17-11-7-15(8-12-17)21(28)14-30-23-26-25-22(27(23)16-9-10-16)19-13-24-20-6-4-3-5-18(19)20/h3-8,11-13,16,24H,2,9-10,14H2,1H3. The van der Waals surface area contributed by atoms with Gasteiger partial charge in [0.25, 0.3) is 0 Å². The minimum absolute atomic E-state index is 0.0713. The SMILES string of the molecule is CCOc1ccc(C(=O)CSc2nnc(-c3c[nH]c4ccccc34)n2C2CC2)cc1. The maximum Gasteiger partial charge on any atom is 0.192 e. The van der Waals surface area contributed by atoms with Gasteiger partial charge in [0.2, 0.25) is 0 Å². The number of thioether (sulfide) groups is 1. The van der Waals surface area contributed by atoms with Gasteiger partial charge in [0.15, 0.2) is 16.8 Å². The number of fused-ring (bicyclic) bond motifs is 1. The maximum atomic E-state index is 12.7. The summed E-state index contributed by atoms with van der Waals surface area (Å²) in [5, 5.41) is 10.9. The minimum Gasteiger partial charge on any atom is -0.494 e. The quantitative estimate of drug-likeness (QED) is 0.317. The number of Topliss-reactive ketones (excluding diaryl/α,β-unsaturated/α-hetero) is 1. The van der Waals surface area contributed by atoms with Crippen LogP contribution in [0.3, 0.4) is 0 Å². The highest BCUT2D eigenvalue weighted by molar-refractivity contribution is 7.99. The van der Waals surface area contributed by atoms with Crippen molar-refractivity contribution in [3.63, 3.8) is 0 Å². The first-order chi connectivity index (χ1) is 14.7. The zero-order valence-electron chi connectivity index (χ0n) is 16.7. The number of nitrogens with zero attached hydrogens (tertiary/aromatic N) is 3. The Balaban J connectivity index is 1.37. The van der Waals surface area contributed by atoms with Crippen molar-refractivity contribution in [3.8, 4) is 17.1 Å². The van der Waals surface area contributed by atoms with Gasteiger partial charge in [0.05, 0.1) is 12.4 Å². The number of aromatic amines is 1. The third-order valence-electron chi connectivity index (χ3n) is 5.23. The summed E-state index contributed by atoms with van der Waals surface area (Å²) in [6.07, 6.45) is 4.23. The fraction of sp³-hybridized carbons (Fsp3) is 0.261. The third-order valence-corrected chi connectivity index (χ3v) is 6.17. The van der Waals surface area contributed by atoms with E-state index in [1.807, 2.05) is 49.5 Å². The molecule has 0 saturated heterocycles. The largest absolute Gasteiger partial charge is 0.494 e. The number of carbonyl (C=O) groups excluding carboxylic acids is 1. The summed E-state index contributed by atoms with van der Waals surface area (Å²) in [4.78, 5) is 16.0. The van der Waals surface area contributed by atoms with Crippen LogP contribution in [0.15, 0.2) is 59.9 Å². The molecule has 1 aliphatic carbocycles. The molecule has 2 aromatic carbocycles. The number of ketones is 1. The first-order valence-corrected chi connectivity index (χ1v) is 11.1. The molecular weight excluding hydrogens is 396 g/mol. The second-order valence-corrected chi connectivity index (χ2v) is 8.27. The summed E-state index contributed by atoms with van der Waals surface area (Å²) in [6.45, 7) is 2.55. The van der Waals surface area contributed by atoms with E-state index >= 15 is 0 Å². The summed E-state index contributed by atoms with van der Waals surface area (Å²) < 4.78 is 7.65. The number of nitrogens with one attached hydrogen (secondary N) is 1. The molecule has 0 bridgehead atoms. The van der Waals surface area contributed by atoms with Crippen LogP contribution in [-0.2, 0) is 0 Å². The Morgan fingerprint density at radius 1 is 1.17 bits per heavy atom. The van der Waals surface area contributed by atoms with Gasteiger partial charge in [0, 0.05) is 34.3 Å². The van der Waals surface area contributed by atoms with Gasteiger partial charge in [0.1, 0.15) is 5.75 Å². The smallest absolute Gasteiger partial charge is 0.192 e. The lowest BCUT2D eigenvalue weighted by Crippen LogP contribution is -2.05. The molecule has 2 heterocycles. The minimum atomic E-state index is 0.0713. The number of benzene rings is 2. The van der Waals surface area contributed by atoms with E-state index in [0.717, 1.165) is 46.0 Å². The van der Waals surface area contributed by atoms with E-state index in [9.17, 15) is 4.79 Å². The van der Waals surface area contributed by atoms with Gasteiger partial charge in [-0.1, -0.05) is 30.0 Å². The Morgan fingerprint density at radius 3 is 2.73 bits per heavy atom. The van der Waals surface area contributed by atoms with Crippen molar-refractivity contribution in [1.82, 2.24) is 19.7 Å². The van der Waals surface area contributed by atoms with Crippen LogP contribution in [-0.4, -0.2) is 37.9 Å². The lowest BCUT2D eigenvalue weighted by atomic mass is 10.1. The highest BCUT2D eigenvalue weighted by Crippen LogP contribution is 2.42. The van der Waals surface area contributed by atoms with E-state index in [0.29, 0.717) is 24.0 Å². The number of hydrogen-bond donors (Lipinski definition) is 1.